The Bertz CT molecular complexity index is 570. The quantitative estimate of drug-likeness (QED) is 0.825. The number of hydrogen-bond acceptors (Lipinski definition) is 4. The van der Waals surface area contributed by atoms with E-state index in [9.17, 15) is 13.2 Å². The highest BCUT2D eigenvalue weighted by atomic mass is 35.5. The molecule has 1 heterocycles. The Morgan fingerprint density at radius 2 is 1.95 bits per heavy atom. The molecule has 0 unspecified atom stereocenters. The molecule has 0 radical (unpaired) electrons. The lowest BCUT2D eigenvalue weighted by atomic mass is 10.0. The van der Waals surface area contributed by atoms with Crippen molar-refractivity contribution in [1.29, 1.82) is 0 Å². The van der Waals surface area contributed by atoms with Gasteiger partial charge in [-0.1, -0.05) is 25.4 Å². The second-order valence-electron chi connectivity index (χ2n) is 4.89. The molecule has 0 aliphatic heterocycles. The number of nitrogens with zero attached hydrogens (tertiary/aromatic N) is 2. The van der Waals surface area contributed by atoms with Crippen molar-refractivity contribution in [3.8, 4) is 0 Å². The van der Waals surface area contributed by atoms with Gasteiger partial charge in [-0.05, 0) is 18.1 Å². The average Bonchev–Trinajstić information content (AvgIpc) is 2.35. The van der Waals surface area contributed by atoms with Gasteiger partial charge in [-0.25, -0.2) is 13.4 Å². The molecule has 0 bridgehead atoms. The molecule has 1 amide bonds. The van der Waals surface area contributed by atoms with Crippen LogP contribution in [-0.2, 0) is 14.8 Å². The van der Waals surface area contributed by atoms with Crippen LogP contribution in [0.1, 0.15) is 13.8 Å². The van der Waals surface area contributed by atoms with Gasteiger partial charge in [0.15, 0.2) is 0 Å². The van der Waals surface area contributed by atoms with E-state index in [1.54, 1.807) is 27.9 Å². The standard InChI is InChI=1S/C12H18ClN3O3S/c1-8(2)11(12(17)16(3)4)15-20(18,19)9-5-6-10(13)14-7-9/h5-8,11,15H,1-4H3/t11-/m0/s1. The normalized spacial score (nSPS) is 13.3. The molecule has 1 atom stereocenters. The van der Waals surface area contributed by atoms with Crippen molar-refractivity contribution in [3.63, 3.8) is 0 Å². The monoisotopic (exact) mass is 319 g/mol. The van der Waals surface area contributed by atoms with Crippen LogP contribution in [0.15, 0.2) is 23.2 Å². The molecule has 0 aromatic carbocycles. The van der Waals surface area contributed by atoms with Crippen LogP contribution < -0.4 is 4.72 Å². The molecule has 6 nitrogen and oxygen atoms in total. The van der Waals surface area contributed by atoms with E-state index < -0.39 is 16.1 Å². The fourth-order valence-corrected chi connectivity index (χ4v) is 2.90. The van der Waals surface area contributed by atoms with Crippen LogP contribution in [0.5, 0.6) is 0 Å². The smallest absolute Gasteiger partial charge is 0.242 e. The second kappa shape index (κ2) is 6.51. The number of amides is 1. The summed E-state index contributed by atoms with van der Waals surface area (Å²) in [6, 6.07) is 1.90. The van der Waals surface area contributed by atoms with Crippen molar-refractivity contribution in [2.75, 3.05) is 14.1 Å². The number of hydrogen-bond donors (Lipinski definition) is 1. The molecule has 0 aliphatic carbocycles. The Morgan fingerprint density at radius 3 is 2.35 bits per heavy atom. The van der Waals surface area contributed by atoms with E-state index in [0.29, 0.717) is 0 Å². The van der Waals surface area contributed by atoms with Crippen molar-refractivity contribution in [2.24, 2.45) is 5.92 Å². The first kappa shape index (κ1) is 16.9. The van der Waals surface area contributed by atoms with Gasteiger partial charge in [0.2, 0.25) is 15.9 Å². The third kappa shape index (κ3) is 4.16. The number of rotatable bonds is 5. The van der Waals surface area contributed by atoms with Crippen molar-refractivity contribution < 1.29 is 13.2 Å². The predicted molar refractivity (Wildman–Crippen MR) is 76.9 cm³/mol. The summed E-state index contributed by atoms with van der Waals surface area (Å²) in [6.45, 7) is 3.55. The summed E-state index contributed by atoms with van der Waals surface area (Å²) in [4.78, 5) is 17.1. The fourth-order valence-electron chi connectivity index (χ4n) is 1.51. The van der Waals surface area contributed by atoms with Crippen LogP contribution in [-0.4, -0.2) is 44.3 Å². The SMILES string of the molecule is CC(C)[C@H](NS(=O)(=O)c1ccc(Cl)nc1)C(=O)N(C)C. The van der Waals surface area contributed by atoms with Gasteiger partial charge in [0.25, 0.3) is 0 Å². The molecule has 112 valence electrons. The van der Waals surface area contributed by atoms with Gasteiger partial charge in [-0.2, -0.15) is 4.72 Å². The first-order valence-corrected chi connectivity index (χ1v) is 7.86. The average molecular weight is 320 g/mol. The van der Waals surface area contributed by atoms with Crippen LogP contribution in [0.4, 0.5) is 0 Å². The Balaban J connectivity index is 3.03. The number of nitrogens with one attached hydrogen (secondary N) is 1. The number of pyridine rings is 1. The highest BCUT2D eigenvalue weighted by Crippen LogP contribution is 2.14. The summed E-state index contributed by atoms with van der Waals surface area (Å²) < 4.78 is 26.8. The molecule has 1 rings (SSSR count). The van der Waals surface area contributed by atoms with E-state index in [-0.39, 0.29) is 21.9 Å². The van der Waals surface area contributed by atoms with Crippen molar-refractivity contribution >= 4 is 27.5 Å². The predicted octanol–water partition coefficient (Wildman–Crippen LogP) is 1.13. The largest absolute Gasteiger partial charge is 0.347 e. The summed E-state index contributed by atoms with van der Waals surface area (Å²) in [5.74, 6) is -0.481. The minimum Gasteiger partial charge on any atom is -0.347 e. The third-order valence-electron chi connectivity index (χ3n) is 2.67. The number of carbonyl (C=O) groups is 1. The minimum atomic E-state index is -3.82. The summed E-state index contributed by atoms with van der Waals surface area (Å²) in [5, 5.41) is 0.203. The number of carbonyl (C=O) groups excluding carboxylic acids is 1. The van der Waals surface area contributed by atoms with E-state index in [4.69, 9.17) is 11.6 Å². The fraction of sp³-hybridized carbons (Fsp3) is 0.500. The van der Waals surface area contributed by atoms with E-state index >= 15 is 0 Å². The Morgan fingerprint density at radius 1 is 1.35 bits per heavy atom. The Kier molecular flexibility index (Phi) is 5.50. The summed E-state index contributed by atoms with van der Waals surface area (Å²) in [5.41, 5.74) is 0. The number of likely N-dealkylation sites (N-methyl/N-ethyl adjacent to an activating group) is 1. The van der Waals surface area contributed by atoms with Gasteiger partial charge >= 0.3 is 0 Å². The molecular formula is C12H18ClN3O3S. The molecule has 20 heavy (non-hydrogen) atoms. The van der Waals surface area contributed by atoms with Crippen molar-refractivity contribution in [1.82, 2.24) is 14.6 Å². The van der Waals surface area contributed by atoms with Crippen LogP contribution in [0, 0.1) is 5.92 Å². The van der Waals surface area contributed by atoms with E-state index in [1.807, 2.05) is 0 Å². The van der Waals surface area contributed by atoms with E-state index in [2.05, 4.69) is 9.71 Å². The van der Waals surface area contributed by atoms with Gasteiger partial charge in [0, 0.05) is 20.3 Å². The maximum Gasteiger partial charge on any atom is 0.242 e. The highest BCUT2D eigenvalue weighted by Gasteiger charge is 2.29. The number of sulfonamides is 1. The van der Waals surface area contributed by atoms with Crippen LogP contribution >= 0.6 is 11.6 Å². The highest BCUT2D eigenvalue weighted by molar-refractivity contribution is 7.89. The van der Waals surface area contributed by atoms with E-state index in [1.165, 1.54) is 17.0 Å². The van der Waals surface area contributed by atoms with Crippen LogP contribution in [0.25, 0.3) is 0 Å². The van der Waals surface area contributed by atoms with Gasteiger partial charge in [0.05, 0.1) is 0 Å². The summed E-state index contributed by atoms with van der Waals surface area (Å²) >= 11 is 5.62. The lowest BCUT2D eigenvalue weighted by molar-refractivity contribution is -0.131. The topological polar surface area (TPSA) is 79.4 Å². The first-order valence-electron chi connectivity index (χ1n) is 6.00. The number of aromatic nitrogens is 1. The molecule has 0 fully saturated rings. The second-order valence-corrected chi connectivity index (χ2v) is 6.99. The molecule has 1 aromatic heterocycles. The molecule has 1 aromatic rings. The first-order chi connectivity index (χ1) is 9.15. The zero-order valence-electron chi connectivity index (χ0n) is 11.8. The molecule has 0 aliphatic rings. The molecule has 1 N–H and O–H groups in total. The lowest BCUT2D eigenvalue weighted by Crippen LogP contribution is -2.49. The zero-order valence-corrected chi connectivity index (χ0v) is 13.4. The lowest BCUT2D eigenvalue weighted by Gasteiger charge is -2.24. The Hall–Kier alpha value is -1.18. The van der Waals surface area contributed by atoms with Gasteiger partial charge in [0.1, 0.15) is 16.1 Å². The summed E-state index contributed by atoms with van der Waals surface area (Å²) in [7, 11) is -0.660. The van der Waals surface area contributed by atoms with Crippen LogP contribution in [0.2, 0.25) is 5.15 Å². The molecule has 0 saturated carbocycles. The minimum absolute atomic E-state index is 0.0286. The maximum atomic E-state index is 12.2. The van der Waals surface area contributed by atoms with Gasteiger partial charge in [-0.15, -0.1) is 0 Å². The molecule has 8 heteroatoms. The Labute approximate surface area is 124 Å². The molecule has 0 spiro atoms. The van der Waals surface area contributed by atoms with Crippen molar-refractivity contribution in [3.05, 3.63) is 23.5 Å². The van der Waals surface area contributed by atoms with Gasteiger partial charge in [-0.3, -0.25) is 4.79 Å². The maximum absolute atomic E-state index is 12.2. The third-order valence-corrected chi connectivity index (χ3v) is 4.32. The zero-order chi connectivity index (χ0) is 15.5. The van der Waals surface area contributed by atoms with Gasteiger partial charge < -0.3 is 4.90 Å². The molecule has 0 saturated heterocycles. The van der Waals surface area contributed by atoms with E-state index in [0.717, 1.165) is 6.20 Å². The number of halogens is 1. The van der Waals surface area contributed by atoms with Crippen molar-refractivity contribution in [2.45, 2.75) is 24.8 Å². The van der Waals surface area contributed by atoms with Crippen LogP contribution in [0.3, 0.4) is 0 Å². The molecular weight excluding hydrogens is 302 g/mol. The summed E-state index contributed by atoms with van der Waals surface area (Å²) in [6.07, 6.45) is 1.15.